The SMILES string of the molecule is CC(C)CC(=O)N1CC[C@@H](O)[C@H]1c1ncc(-c2ccc(-c3ccc(-c4cnc([C@@H]5CCCN5C(=O)CC(C)C)[nH]4)cc3)cc2)[nH]1. The van der Waals surface area contributed by atoms with Crippen LogP contribution in [0.4, 0.5) is 0 Å². The van der Waals surface area contributed by atoms with E-state index in [4.69, 9.17) is 0 Å². The molecule has 4 aromatic rings. The normalized spacial score (nSPS) is 20.1. The zero-order valence-electron chi connectivity index (χ0n) is 26.7. The fourth-order valence-electron chi connectivity index (χ4n) is 6.64. The van der Waals surface area contributed by atoms with Gasteiger partial charge in [-0.15, -0.1) is 0 Å². The molecule has 2 aromatic heterocycles. The fraction of sp³-hybridized carbons (Fsp3) is 0.444. The number of aliphatic hydroxyl groups is 1. The van der Waals surface area contributed by atoms with E-state index in [2.05, 4.69) is 82.3 Å². The first-order valence-corrected chi connectivity index (χ1v) is 16.3. The molecule has 4 heterocycles. The van der Waals surface area contributed by atoms with Crippen molar-refractivity contribution in [1.82, 2.24) is 29.7 Å². The maximum absolute atomic E-state index is 12.8. The zero-order chi connectivity index (χ0) is 31.7. The van der Waals surface area contributed by atoms with Crippen molar-refractivity contribution in [2.45, 2.75) is 78.0 Å². The lowest BCUT2D eigenvalue weighted by atomic mass is 10.0. The van der Waals surface area contributed by atoms with Gasteiger partial charge in [0.1, 0.15) is 17.7 Å². The van der Waals surface area contributed by atoms with E-state index in [0.717, 1.165) is 58.9 Å². The molecule has 236 valence electrons. The van der Waals surface area contributed by atoms with Crippen molar-refractivity contribution in [3.8, 4) is 33.6 Å². The second-order valence-electron chi connectivity index (χ2n) is 13.3. The Hall–Kier alpha value is -4.24. The van der Waals surface area contributed by atoms with Gasteiger partial charge in [-0.25, -0.2) is 9.97 Å². The molecule has 0 saturated carbocycles. The molecule has 0 spiro atoms. The summed E-state index contributed by atoms with van der Waals surface area (Å²) < 4.78 is 0. The number of carbonyl (C=O) groups excluding carboxylic acids is 2. The van der Waals surface area contributed by atoms with Crippen LogP contribution in [0.2, 0.25) is 0 Å². The lowest BCUT2D eigenvalue weighted by Gasteiger charge is -2.25. The van der Waals surface area contributed by atoms with Crippen LogP contribution in [-0.4, -0.2) is 65.9 Å². The van der Waals surface area contributed by atoms with Gasteiger partial charge in [0.15, 0.2) is 0 Å². The molecule has 2 aliphatic heterocycles. The van der Waals surface area contributed by atoms with Crippen LogP contribution in [-0.2, 0) is 9.59 Å². The molecule has 45 heavy (non-hydrogen) atoms. The third-order valence-electron chi connectivity index (χ3n) is 8.94. The summed E-state index contributed by atoms with van der Waals surface area (Å²) in [6, 6.07) is 16.3. The summed E-state index contributed by atoms with van der Waals surface area (Å²) in [6.45, 7) is 9.56. The number of benzene rings is 2. The Bertz CT molecular complexity index is 1620. The summed E-state index contributed by atoms with van der Waals surface area (Å²) in [6.07, 6.45) is 6.53. The number of imidazole rings is 2. The maximum Gasteiger partial charge on any atom is 0.223 e. The Labute approximate surface area is 265 Å². The highest BCUT2D eigenvalue weighted by Gasteiger charge is 2.39. The van der Waals surface area contributed by atoms with Crippen LogP contribution in [0.5, 0.6) is 0 Å². The second-order valence-corrected chi connectivity index (χ2v) is 13.3. The largest absolute Gasteiger partial charge is 0.390 e. The first-order chi connectivity index (χ1) is 21.7. The van der Waals surface area contributed by atoms with Crippen molar-refractivity contribution < 1.29 is 14.7 Å². The minimum atomic E-state index is -0.630. The highest BCUT2D eigenvalue weighted by Crippen LogP contribution is 2.35. The lowest BCUT2D eigenvalue weighted by Crippen LogP contribution is -2.34. The molecule has 0 aliphatic carbocycles. The average Bonchev–Trinajstić information content (AvgIpc) is 3.83. The lowest BCUT2D eigenvalue weighted by molar-refractivity contribution is -0.134. The molecule has 3 atom stereocenters. The number of amides is 2. The average molecular weight is 609 g/mol. The number of aliphatic hydroxyl groups excluding tert-OH is 1. The molecule has 2 aromatic carbocycles. The summed E-state index contributed by atoms with van der Waals surface area (Å²) in [5.41, 5.74) is 6.03. The van der Waals surface area contributed by atoms with Crippen molar-refractivity contribution in [1.29, 1.82) is 0 Å². The maximum atomic E-state index is 12.8. The van der Waals surface area contributed by atoms with E-state index in [0.29, 0.717) is 37.5 Å². The Morgan fingerprint density at radius 2 is 1.22 bits per heavy atom. The van der Waals surface area contributed by atoms with Gasteiger partial charge in [-0.1, -0.05) is 76.2 Å². The molecule has 9 nitrogen and oxygen atoms in total. The van der Waals surface area contributed by atoms with E-state index in [1.807, 2.05) is 24.9 Å². The van der Waals surface area contributed by atoms with Crippen molar-refractivity contribution in [2.24, 2.45) is 11.8 Å². The van der Waals surface area contributed by atoms with Crippen LogP contribution in [0, 0.1) is 11.8 Å². The van der Waals surface area contributed by atoms with E-state index in [9.17, 15) is 14.7 Å². The molecule has 6 rings (SSSR count). The van der Waals surface area contributed by atoms with Gasteiger partial charge < -0.3 is 24.9 Å². The Morgan fingerprint density at radius 3 is 1.78 bits per heavy atom. The molecule has 0 radical (unpaired) electrons. The van der Waals surface area contributed by atoms with E-state index < -0.39 is 12.1 Å². The monoisotopic (exact) mass is 608 g/mol. The quantitative estimate of drug-likeness (QED) is 0.200. The van der Waals surface area contributed by atoms with Crippen molar-refractivity contribution in [3.05, 3.63) is 72.6 Å². The van der Waals surface area contributed by atoms with E-state index >= 15 is 0 Å². The first-order valence-electron chi connectivity index (χ1n) is 16.3. The summed E-state index contributed by atoms with van der Waals surface area (Å²) in [5.74, 6) is 2.35. The van der Waals surface area contributed by atoms with E-state index in [1.54, 1.807) is 11.1 Å². The van der Waals surface area contributed by atoms with Gasteiger partial charge in [-0.2, -0.15) is 0 Å². The molecule has 2 amide bonds. The molecule has 0 bridgehead atoms. The molecule has 0 unspecified atom stereocenters. The summed E-state index contributed by atoms with van der Waals surface area (Å²) in [4.78, 5) is 45.4. The molecule has 9 heteroatoms. The fourth-order valence-corrected chi connectivity index (χ4v) is 6.64. The summed E-state index contributed by atoms with van der Waals surface area (Å²) >= 11 is 0. The Morgan fingerprint density at radius 1 is 0.733 bits per heavy atom. The van der Waals surface area contributed by atoms with Gasteiger partial charge in [0.05, 0.1) is 35.9 Å². The first kappa shape index (κ1) is 30.8. The number of aromatic amines is 2. The summed E-state index contributed by atoms with van der Waals surface area (Å²) in [7, 11) is 0. The number of hydrogen-bond donors (Lipinski definition) is 3. The number of hydrogen-bond acceptors (Lipinski definition) is 5. The highest BCUT2D eigenvalue weighted by molar-refractivity contribution is 5.78. The number of nitrogens with one attached hydrogen (secondary N) is 2. The van der Waals surface area contributed by atoms with E-state index in [1.165, 1.54) is 0 Å². The van der Waals surface area contributed by atoms with Crippen molar-refractivity contribution in [2.75, 3.05) is 13.1 Å². The number of likely N-dealkylation sites (tertiary alicyclic amines) is 2. The number of rotatable bonds is 9. The molecule has 2 aliphatic rings. The van der Waals surface area contributed by atoms with Crippen LogP contribution in [0.1, 0.15) is 83.5 Å². The van der Waals surface area contributed by atoms with Gasteiger partial charge in [0, 0.05) is 25.9 Å². The third-order valence-corrected chi connectivity index (χ3v) is 8.94. The van der Waals surface area contributed by atoms with Crippen LogP contribution in [0.25, 0.3) is 33.6 Å². The molecule has 2 fully saturated rings. The summed E-state index contributed by atoms with van der Waals surface area (Å²) in [5, 5.41) is 10.7. The van der Waals surface area contributed by atoms with Crippen LogP contribution >= 0.6 is 0 Å². The van der Waals surface area contributed by atoms with Crippen LogP contribution < -0.4 is 0 Å². The van der Waals surface area contributed by atoms with Crippen LogP contribution in [0.3, 0.4) is 0 Å². The van der Waals surface area contributed by atoms with Gasteiger partial charge in [-0.05, 0) is 53.4 Å². The minimum absolute atomic E-state index is 0.0169. The van der Waals surface area contributed by atoms with Crippen molar-refractivity contribution >= 4 is 11.8 Å². The Kier molecular flexibility index (Phi) is 8.90. The van der Waals surface area contributed by atoms with Gasteiger partial charge in [0.2, 0.25) is 11.8 Å². The van der Waals surface area contributed by atoms with E-state index in [-0.39, 0.29) is 23.8 Å². The predicted octanol–water partition coefficient (Wildman–Crippen LogP) is 6.52. The third kappa shape index (κ3) is 6.59. The number of aromatic nitrogens is 4. The topological polar surface area (TPSA) is 118 Å². The minimum Gasteiger partial charge on any atom is -0.390 e. The smallest absolute Gasteiger partial charge is 0.223 e. The Balaban J connectivity index is 1.12. The molecular weight excluding hydrogens is 564 g/mol. The molecule has 2 saturated heterocycles. The van der Waals surface area contributed by atoms with Gasteiger partial charge >= 0.3 is 0 Å². The number of carbonyl (C=O) groups is 2. The van der Waals surface area contributed by atoms with Crippen LogP contribution in [0.15, 0.2) is 60.9 Å². The van der Waals surface area contributed by atoms with Crippen molar-refractivity contribution in [3.63, 3.8) is 0 Å². The van der Waals surface area contributed by atoms with Gasteiger partial charge in [0.25, 0.3) is 0 Å². The molecule has 3 N–H and O–H groups in total. The second kappa shape index (κ2) is 13.0. The standard InChI is InChI=1S/C36H44N6O3/c1-22(2)18-32(44)41-16-5-6-30(41)35-37-20-28(39-35)26-11-7-24(8-12-26)25-9-13-27(14-10-25)29-21-38-36(40-29)34-31(43)15-17-42(34)33(45)19-23(3)4/h7-14,20-23,30-31,34,43H,5-6,15-19H2,1-4H3,(H,37,39)(H,38,40)/t30-,31+,34-/m0/s1. The number of nitrogens with zero attached hydrogens (tertiary/aromatic N) is 4. The van der Waals surface area contributed by atoms with Gasteiger partial charge in [-0.3, -0.25) is 9.59 Å². The zero-order valence-corrected chi connectivity index (χ0v) is 26.7. The highest BCUT2D eigenvalue weighted by atomic mass is 16.3. The molecular formula is C36H44N6O3. The predicted molar refractivity (Wildman–Crippen MR) is 175 cm³/mol. The number of H-pyrrole nitrogens is 2.